The third kappa shape index (κ3) is 2.20. The van der Waals surface area contributed by atoms with Gasteiger partial charge < -0.3 is 11.1 Å². The van der Waals surface area contributed by atoms with Crippen molar-refractivity contribution in [1.82, 2.24) is 10.6 Å². The number of carbonyl (C=O) groups excluding carboxylic acids is 2. The van der Waals surface area contributed by atoms with Crippen LogP contribution in [-0.2, 0) is 4.79 Å². The lowest BCUT2D eigenvalue weighted by Gasteiger charge is -2.04. The van der Waals surface area contributed by atoms with E-state index in [0.717, 1.165) is 12.8 Å². The third-order valence-electron chi connectivity index (χ3n) is 1.81. The van der Waals surface area contributed by atoms with Crippen LogP contribution in [-0.4, -0.2) is 24.5 Å². The predicted molar refractivity (Wildman–Crippen MR) is 43.4 cm³/mol. The van der Waals surface area contributed by atoms with E-state index >= 15 is 0 Å². The van der Waals surface area contributed by atoms with Gasteiger partial charge in [-0.25, -0.2) is 4.79 Å². The Morgan fingerprint density at radius 2 is 2.08 bits per heavy atom. The SMILES string of the molecule is NCCCCC1NC(=O)NC1=O. The maximum atomic E-state index is 11.0. The minimum Gasteiger partial charge on any atom is -0.330 e. The molecule has 5 heteroatoms. The molecule has 1 atom stereocenters. The summed E-state index contributed by atoms with van der Waals surface area (Å²) in [6, 6.07) is -0.734. The standard InChI is InChI=1S/C7H13N3O2/c8-4-2-1-3-5-6(11)10-7(12)9-5/h5H,1-4,8H2,(H2,9,10,11,12). The third-order valence-corrected chi connectivity index (χ3v) is 1.81. The molecule has 1 unspecified atom stereocenters. The van der Waals surface area contributed by atoms with Crippen LogP contribution in [0.5, 0.6) is 0 Å². The monoisotopic (exact) mass is 171 g/mol. The zero-order valence-corrected chi connectivity index (χ0v) is 6.80. The van der Waals surface area contributed by atoms with Gasteiger partial charge in [-0.2, -0.15) is 0 Å². The molecule has 0 aromatic heterocycles. The number of imide groups is 1. The van der Waals surface area contributed by atoms with Crippen LogP contribution in [0.1, 0.15) is 19.3 Å². The van der Waals surface area contributed by atoms with Gasteiger partial charge in [-0.1, -0.05) is 0 Å². The van der Waals surface area contributed by atoms with Crippen LogP contribution in [0.2, 0.25) is 0 Å². The smallest absolute Gasteiger partial charge is 0.322 e. The van der Waals surface area contributed by atoms with Gasteiger partial charge >= 0.3 is 6.03 Å². The van der Waals surface area contributed by atoms with E-state index in [1.807, 2.05) is 0 Å². The van der Waals surface area contributed by atoms with E-state index in [9.17, 15) is 9.59 Å². The molecule has 5 nitrogen and oxygen atoms in total. The minimum absolute atomic E-state index is 0.225. The van der Waals surface area contributed by atoms with Crippen LogP contribution in [0.15, 0.2) is 0 Å². The van der Waals surface area contributed by atoms with Crippen molar-refractivity contribution in [2.45, 2.75) is 25.3 Å². The summed E-state index contributed by atoms with van der Waals surface area (Å²) >= 11 is 0. The summed E-state index contributed by atoms with van der Waals surface area (Å²) in [6.45, 7) is 0.627. The lowest BCUT2D eigenvalue weighted by Crippen LogP contribution is -2.28. The van der Waals surface area contributed by atoms with Gasteiger partial charge in [0.05, 0.1) is 0 Å². The van der Waals surface area contributed by atoms with Crippen LogP contribution in [0.4, 0.5) is 4.79 Å². The fraction of sp³-hybridized carbons (Fsp3) is 0.714. The topological polar surface area (TPSA) is 84.2 Å². The Balaban J connectivity index is 2.24. The lowest BCUT2D eigenvalue weighted by atomic mass is 10.1. The van der Waals surface area contributed by atoms with Crippen molar-refractivity contribution in [3.05, 3.63) is 0 Å². The second-order valence-electron chi connectivity index (χ2n) is 2.80. The van der Waals surface area contributed by atoms with E-state index < -0.39 is 6.03 Å². The quantitative estimate of drug-likeness (QED) is 0.387. The highest BCUT2D eigenvalue weighted by atomic mass is 16.2. The molecule has 1 saturated heterocycles. The summed E-state index contributed by atoms with van der Waals surface area (Å²) < 4.78 is 0. The summed E-state index contributed by atoms with van der Waals surface area (Å²) in [7, 11) is 0. The lowest BCUT2D eigenvalue weighted by molar-refractivity contribution is -0.120. The van der Waals surface area contributed by atoms with E-state index in [0.29, 0.717) is 13.0 Å². The molecule has 1 rings (SSSR count). The van der Waals surface area contributed by atoms with Crippen molar-refractivity contribution in [2.75, 3.05) is 6.54 Å². The Morgan fingerprint density at radius 1 is 1.33 bits per heavy atom. The molecule has 0 aliphatic carbocycles. The van der Waals surface area contributed by atoms with Crippen molar-refractivity contribution >= 4 is 11.9 Å². The Hall–Kier alpha value is -1.10. The second-order valence-corrected chi connectivity index (χ2v) is 2.80. The molecule has 12 heavy (non-hydrogen) atoms. The first kappa shape index (κ1) is 8.99. The number of hydrogen-bond acceptors (Lipinski definition) is 3. The minimum atomic E-state index is -0.391. The molecule has 68 valence electrons. The van der Waals surface area contributed by atoms with Gasteiger partial charge in [-0.05, 0) is 25.8 Å². The number of carbonyl (C=O) groups is 2. The van der Waals surface area contributed by atoms with Crippen LogP contribution < -0.4 is 16.4 Å². The zero-order valence-electron chi connectivity index (χ0n) is 6.80. The summed E-state index contributed by atoms with van der Waals surface area (Å²) in [5.41, 5.74) is 5.29. The predicted octanol–water partition coefficient (Wildman–Crippen LogP) is -0.677. The molecule has 1 aliphatic rings. The van der Waals surface area contributed by atoms with Crippen LogP contribution in [0, 0.1) is 0 Å². The Morgan fingerprint density at radius 3 is 2.58 bits per heavy atom. The number of nitrogens with two attached hydrogens (primary N) is 1. The number of nitrogens with one attached hydrogen (secondary N) is 2. The maximum absolute atomic E-state index is 11.0. The van der Waals surface area contributed by atoms with E-state index in [-0.39, 0.29) is 11.9 Å². The van der Waals surface area contributed by atoms with Gasteiger partial charge in [0.15, 0.2) is 0 Å². The second kappa shape index (κ2) is 4.06. The largest absolute Gasteiger partial charge is 0.330 e. The number of unbranched alkanes of at least 4 members (excludes halogenated alkanes) is 1. The van der Waals surface area contributed by atoms with Crippen LogP contribution >= 0.6 is 0 Å². The van der Waals surface area contributed by atoms with Crippen LogP contribution in [0.3, 0.4) is 0 Å². The van der Waals surface area contributed by atoms with Crippen LogP contribution in [0.25, 0.3) is 0 Å². The fourth-order valence-electron chi connectivity index (χ4n) is 1.15. The van der Waals surface area contributed by atoms with Crippen molar-refractivity contribution in [1.29, 1.82) is 0 Å². The first-order valence-corrected chi connectivity index (χ1v) is 4.05. The molecule has 0 bridgehead atoms. The highest BCUT2D eigenvalue weighted by Gasteiger charge is 2.28. The molecule has 0 spiro atoms. The molecular formula is C7H13N3O2. The molecule has 1 aliphatic heterocycles. The number of rotatable bonds is 4. The van der Waals surface area contributed by atoms with Gasteiger partial charge in [0.2, 0.25) is 0 Å². The van der Waals surface area contributed by atoms with Crippen molar-refractivity contribution in [3.63, 3.8) is 0 Å². The van der Waals surface area contributed by atoms with Gasteiger partial charge in [-0.3, -0.25) is 10.1 Å². The number of hydrogen-bond donors (Lipinski definition) is 3. The van der Waals surface area contributed by atoms with E-state index in [1.54, 1.807) is 0 Å². The molecule has 0 radical (unpaired) electrons. The van der Waals surface area contributed by atoms with Gasteiger partial charge in [0, 0.05) is 0 Å². The number of urea groups is 1. The summed E-state index contributed by atoms with van der Waals surface area (Å²) in [5, 5.41) is 4.70. The Labute approximate surface area is 70.7 Å². The van der Waals surface area contributed by atoms with Gasteiger partial charge in [-0.15, -0.1) is 0 Å². The van der Waals surface area contributed by atoms with Crippen molar-refractivity contribution < 1.29 is 9.59 Å². The van der Waals surface area contributed by atoms with Gasteiger partial charge in [0.1, 0.15) is 6.04 Å². The Bertz CT molecular complexity index is 193. The highest BCUT2D eigenvalue weighted by molar-refractivity contribution is 6.04. The normalized spacial score (nSPS) is 22.2. The zero-order chi connectivity index (χ0) is 8.97. The summed E-state index contributed by atoms with van der Waals surface area (Å²) in [6.07, 6.45) is 2.43. The Kier molecular flexibility index (Phi) is 3.04. The first-order chi connectivity index (χ1) is 5.74. The van der Waals surface area contributed by atoms with Crippen molar-refractivity contribution in [2.24, 2.45) is 5.73 Å². The molecule has 1 heterocycles. The summed E-state index contributed by atoms with van der Waals surface area (Å²) in [5.74, 6) is -0.225. The molecule has 0 saturated carbocycles. The molecule has 0 aromatic rings. The van der Waals surface area contributed by atoms with E-state index in [1.165, 1.54) is 0 Å². The van der Waals surface area contributed by atoms with E-state index in [2.05, 4.69) is 10.6 Å². The average Bonchev–Trinajstić information content (AvgIpc) is 2.31. The molecule has 0 aromatic carbocycles. The molecular weight excluding hydrogens is 158 g/mol. The highest BCUT2D eigenvalue weighted by Crippen LogP contribution is 2.03. The molecule has 1 fully saturated rings. The van der Waals surface area contributed by atoms with E-state index in [4.69, 9.17) is 5.73 Å². The first-order valence-electron chi connectivity index (χ1n) is 4.05. The number of amides is 3. The molecule has 3 amide bonds. The van der Waals surface area contributed by atoms with Gasteiger partial charge in [0.25, 0.3) is 5.91 Å². The fourth-order valence-corrected chi connectivity index (χ4v) is 1.15. The maximum Gasteiger partial charge on any atom is 0.322 e. The molecule has 4 N–H and O–H groups in total. The van der Waals surface area contributed by atoms with Crippen molar-refractivity contribution in [3.8, 4) is 0 Å². The summed E-state index contributed by atoms with van der Waals surface area (Å²) in [4.78, 5) is 21.6. The average molecular weight is 171 g/mol.